The van der Waals surface area contributed by atoms with E-state index in [2.05, 4.69) is 16.0 Å². The maximum Gasteiger partial charge on any atom is 0.401 e. The maximum absolute atomic E-state index is 12.7. The molecule has 0 saturated carbocycles. The summed E-state index contributed by atoms with van der Waals surface area (Å²) in [4.78, 5) is 38.5. The fraction of sp³-hybridized carbons (Fsp3) is 0.765. The molecule has 0 aromatic rings. The minimum Gasteiger partial charge on any atom is -0.356 e. The smallest absolute Gasteiger partial charge is 0.356 e. The van der Waals surface area contributed by atoms with Crippen molar-refractivity contribution in [2.75, 3.05) is 18.8 Å². The molecule has 0 radical (unpaired) electrons. The lowest BCUT2D eigenvalue weighted by atomic mass is 9.98. The third kappa shape index (κ3) is 5.14. The highest BCUT2D eigenvalue weighted by atomic mass is 32.2. The lowest BCUT2D eigenvalue weighted by Crippen LogP contribution is -2.59. The van der Waals surface area contributed by atoms with Gasteiger partial charge in [0, 0.05) is 18.2 Å². The van der Waals surface area contributed by atoms with Crippen molar-refractivity contribution in [3.8, 4) is 6.07 Å². The molecule has 29 heavy (non-hydrogen) atoms. The number of amides is 3. The van der Waals surface area contributed by atoms with Crippen LogP contribution in [-0.2, 0) is 14.4 Å². The molecule has 3 saturated heterocycles. The molecular formula is C17H22F3N5O3S. The fourth-order valence-electron chi connectivity index (χ4n) is 3.89. The lowest BCUT2D eigenvalue weighted by Gasteiger charge is -2.37. The van der Waals surface area contributed by atoms with Gasteiger partial charge < -0.3 is 15.5 Å². The summed E-state index contributed by atoms with van der Waals surface area (Å²) >= 11 is 1.41. The van der Waals surface area contributed by atoms with Crippen molar-refractivity contribution in [1.29, 1.82) is 5.26 Å². The second-order valence-electron chi connectivity index (χ2n) is 7.38. The number of nitrogens with zero attached hydrogens (tertiary/aromatic N) is 2. The Balaban J connectivity index is 1.60. The molecule has 8 nitrogen and oxygen atoms in total. The van der Waals surface area contributed by atoms with Crippen molar-refractivity contribution in [2.45, 2.75) is 55.4 Å². The van der Waals surface area contributed by atoms with Crippen molar-refractivity contribution in [1.82, 2.24) is 20.9 Å². The quantitative estimate of drug-likeness (QED) is 0.548. The summed E-state index contributed by atoms with van der Waals surface area (Å²) in [6.07, 6.45) is -2.90. The van der Waals surface area contributed by atoms with Crippen LogP contribution in [0.3, 0.4) is 0 Å². The second kappa shape index (κ2) is 8.79. The number of hydrogen-bond acceptors (Lipinski definition) is 6. The third-order valence-corrected chi connectivity index (χ3v) is 6.71. The molecule has 5 unspecified atom stereocenters. The second-order valence-corrected chi connectivity index (χ2v) is 8.59. The summed E-state index contributed by atoms with van der Waals surface area (Å²) in [5.41, 5.74) is 0. The fourth-order valence-corrected chi connectivity index (χ4v) is 5.32. The minimum absolute atomic E-state index is 0.152. The van der Waals surface area contributed by atoms with Gasteiger partial charge in [-0.25, -0.2) is 0 Å². The summed E-state index contributed by atoms with van der Waals surface area (Å²) in [7, 11) is 0. The topological polar surface area (TPSA) is 114 Å². The van der Waals surface area contributed by atoms with Gasteiger partial charge in [-0.15, -0.1) is 11.8 Å². The molecule has 3 heterocycles. The number of carbonyl (C=O) groups excluding carboxylic acids is 3. The van der Waals surface area contributed by atoms with Crippen molar-refractivity contribution >= 4 is 29.5 Å². The van der Waals surface area contributed by atoms with Gasteiger partial charge in [0.15, 0.2) is 0 Å². The summed E-state index contributed by atoms with van der Waals surface area (Å²) in [5.74, 6) is -1.23. The van der Waals surface area contributed by atoms with E-state index in [4.69, 9.17) is 0 Å². The van der Waals surface area contributed by atoms with Gasteiger partial charge in [0.25, 0.3) is 0 Å². The van der Waals surface area contributed by atoms with Gasteiger partial charge in [-0.1, -0.05) is 0 Å². The zero-order chi connectivity index (χ0) is 21.2. The van der Waals surface area contributed by atoms with E-state index in [1.54, 1.807) is 0 Å². The highest BCUT2D eigenvalue weighted by Gasteiger charge is 2.47. The summed E-state index contributed by atoms with van der Waals surface area (Å²) in [6, 6.07) is -0.738. The normalized spacial score (nSPS) is 30.5. The van der Waals surface area contributed by atoms with Crippen LogP contribution in [0, 0.1) is 17.2 Å². The average Bonchev–Trinajstić information content (AvgIpc) is 3.26. The predicted molar refractivity (Wildman–Crippen MR) is 97.2 cm³/mol. The number of nitrogens with one attached hydrogen (secondary N) is 3. The molecule has 3 rings (SSSR count). The SMILES string of the molecule is N#CC(CC1CCNC1=O)NC(=O)C1CSC2CCC(NCC(F)(F)F)C(=O)N21. The zero-order valence-electron chi connectivity index (χ0n) is 15.5. The molecule has 0 aromatic heterocycles. The Bertz CT molecular complexity index is 713. The van der Waals surface area contributed by atoms with Crippen molar-refractivity contribution in [3.63, 3.8) is 0 Å². The summed E-state index contributed by atoms with van der Waals surface area (Å²) in [5, 5.41) is 16.6. The Morgan fingerprint density at radius 3 is 2.72 bits per heavy atom. The molecule has 3 N–H and O–H groups in total. The number of alkyl halides is 3. The van der Waals surface area contributed by atoms with Crippen LogP contribution >= 0.6 is 11.8 Å². The van der Waals surface area contributed by atoms with E-state index in [0.29, 0.717) is 25.1 Å². The monoisotopic (exact) mass is 433 g/mol. The lowest BCUT2D eigenvalue weighted by molar-refractivity contribution is -0.147. The molecule has 3 aliphatic heterocycles. The molecule has 160 valence electrons. The van der Waals surface area contributed by atoms with Gasteiger partial charge in [-0.2, -0.15) is 18.4 Å². The van der Waals surface area contributed by atoms with Crippen LogP contribution in [0.5, 0.6) is 0 Å². The van der Waals surface area contributed by atoms with E-state index in [1.807, 2.05) is 6.07 Å². The van der Waals surface area contributed by atoms with Crippen molar-refractivity contribution in [3.05, 3.63) is 0 Å². The number of fused-ring (bicyclic) bond motifs is 1. The maximum atomic E-state index is 12.7. The molecule has 5 atom stereocenters. The number of nitriles is 1. The molecule has 3 fully saturated rings. The van der Waals surface area contributed by atoms with E-state index in [0.717, 1.165) is 0 Å². The zero-order valence-corrected chi connectivity index (χ0v) is 16.3. The van der Waals surface area contributed by atoms with Crippen LogP contribution in [-0.4, -0.2) is 71.1 Å². The van der Waals surface area contributed by atoms with E-state index in [1.165, 1.54) is 16.7 Å². The summed E-state index contributed by atoms with van der Waals surface area (Å²) < 4.78 is 37.4. The van der Waals surface area contributed by atoms with Crippen LogP contribution in [0.1, 0.15) is 25.7 Å². The number of hydrogen-bond donors (Lipinski definition) is 3. The Labute approximate surface area is 169 Å². The molecular weight excluding hydrogens is 411 g/mol. The van der Waals surface area contributed by atoms with E-state index in [9.17, 15) is 32.8 Å². The van der Waals surface area contributed by atoms with Crippen LogP contribution < -0.4 is 16.0 Å². The Morgan fingerprint density at radius 2 is 2.10 bits per heavy atom. The number of carbonyl (C=O) groups is 3. The average molecular weight is 433 g/mol. The van der Waals surface area contributed by atoms with Gasteiger partial charge in [0.05, 0.1) is 24.0 Å². The molecule has 12 heteroatoms. The van der Waals surface area contributed by atoms with Crippen LogP contribution in [0.15, 0.2) is 0 Å². The number of halogens is 3. The standard InChI is InChI=1S/C17H22F3N5O3S/c18-17(19,20)8-23-11-1-2-13-25(16(11)28)12(7-29-13)15(27)24-10(6-21)5-9-3-4-22-14(9)26/h9-13,23H,1-5,7-8H2,(H,22,26)(H,24,27). The van der Waals surface area contributed by atoms with E-state index >= 15 is 0 Å². The molecule has 3 amide bonds. The number of thioether (sulfide) groups is 1. The highest BCUT2D eigenvalue weighted by molar-refractivity contribution is 8.00. The van der Waals surface area contributed by atoms with E-state index < -0.39 is 42.7 Å². The van der Waals surface area contributed by atoms with Crippen LogP contribution in [0.25, 0.3) is 0 Å². The van der Waals surface area contributed by atoms with Gasteiger partial charge in [0.1, 0.15) is 12.1 Å². The predicted octanol–water partition coefficient (Wildman–Crippen LogP) is 0.105. The number of rotatable bonds is 6. The largest absolute Gasteiger partial charge is 0.401 e. The molecule has 0 aliphatic carbocycles. The first-order valence-corrected chi connectivity index (χ1v) is 10.5. The van der Waals surface area contributed by atoms with Crippen molar-refractivity contribution in [2.24, 2.45) is 5.92 Å². The first-order chi connectivity index (χ1) is 13.7. The molecule has 0 spiro atoms. The Hall–Kier alpha value is -2.00. The summed E-state index contributed by atoms with van der Waals surface area (Å²) in [6.45, 7) is -0.739. The first kappa shape index (κ1) is 21.7. The van der Waals surface area contributed by atoms with E-state index in [-0.39, 0.29) is 30.0 Å². The Morgan fingerprint density at radius 1 is 1.34 bits per heavy atom. The van der Waals surface area contributed by atoms with Crippen molar-refractivity contribution < 1.29 is 27.6 Å². The van der Waals surface area contributed by atoms with Gasteiger partial charge >= 0.3 is 6.18 Å². The van der Waals surface area contributed by atoms with Gasteiger partial charge in [-0.3, -0.25) is 19.7 Å². The highest BCUT2D eigenvalue weighted by Crippen LogP contribution is 2.36. The van der Waals surface area contributed by atoms with Gasteiger partial charge in [-0.05, 0) is 25.7 Å². The minimum atomic E-state index is -4.43. The van der Waals surface area contributed by atoms with Gasteiger partial charge in [0.2, 0.25) is 17.7 Å². The van der Waals surface area contributed by atoms with Crippen LogP contribution in [0.4, 0.5) is 13.2 Å². The molecule has 0 aromatic carbocycles. The Kier molecular flexibility index (Phi) is 6.58. The first-order valence-electron chi connectivity index (χ1n) is 9.41. The molecule has 0 bridgehead atoms. The number of piperidine rings is 1. The van der Waals surface area contributed by atoms with Crippen LogP contribution in [0.2, 0.25) is 0 Å². The third-order valence-electron chi connectivity index (χ3n) is 5.35. The molecule has 3 aliphatic rings.